The molecule has 2 atom stereocenters. The van der Waals surface area contributed by atoms with E-state index in [1.807, 2.05) is 12.1 Å². The molecule has 0 amide bonds. The van der Waals surface area contributed by atoms with Gasteiger partial charge in [-0.2, -0.15) is 0 Å². The van der Waals surface area contributed by atoms with Crippen molar-refractivity contribution < 1.29 is 4.21 Å². The normalized spacial score (nSPS) is 16.8. The van der Waals surface area contributed by atoms with E-state index in [2.05, 4.69) is 246 Å². The van der Waals surface area contributed by atoms with Gasteiger partial charge in [-0.25, -0.2) is 4.21 Å². The van der Waals surface area contributed by atoms with Crippen LogP contribution < -0.4 is 14.7 Å². The molecule has 0 saturated carbocycles. The Hall–Kier alpha value is -7.99. The summed E-state index contributed by atoms with van der Waals surface area (Å²) in [6, 6.07) is 78.3. The third-order valence-corrected chi connectivity index (χ3v) is 15.6. The zero-order valence-corrected chi connectivity index (χ0v) is 37.8. The maximum absolute atomic E-state index is 15.5. The zero-order valence-electron chi connectivity index (χ0n) is 37.0. The molecule has 2 aliphatic heterocycles. The summed E-state index contributed by atoms with van der Waals surface area (Å²) in [6.45, 7) is 2.28. The molecule has 0 fully saturated rings. The topological polar surface area (TPSA) is 26.8 Å². The van der Waals surface area contributed by atoms with Gasteiger partial charge in [0.2, 0.25) is 0 Å². The number of anilines is 8. The van der Waals surface area contributed by atoms with Crippen LogP contribution in [0.4, 0.5) is 45.5 Å². The third-order valence-electron chi connectivity index (χ3n) is 14.1. The molecule has 9 aromatic carbocycles. The Morgan fingerprint density at radius 3 is 1.72 bits per heavy atom. The first-order valence-electron chi connectivity index (χ1n) is 23.2. The molecular weight excluding hydrogens is 835 g/mol. The van der Waals surface area contributed by atoms with Gasteiger partial charge in [-0.05, 0) is 136 Å². The highest BCUT2D eigenvalue weighted by molar-refractivity contribution is 7.85. The smallest absolute Gasteiger partial charge is 0.0898 e. The first-order valence-corrected chi connectivity index (χ1v) is 24.3. The standard InChI is InChI=1S/C62H45N3OS/c1-42-17-16-22-49(41-42)63(46-33-31-44(32-34-46)43-18-4-2-5-19-43)47-35-37-48(38-36-47)65-57-29-14-15-30-59(57)67(66)61-58(65)40-39-54-60(61)50-23-8-9-24-51(50)62(54)52-25-10-12-27-55(52)64(45-20-6-3-7-21-45)56-28-13-11-26-53(56)62/h2-16,18-42H,17H2,1H3. The predicted octanol–water partition coefficient (Wildman–Crippen LogP) is 16.1. The Morgan fingerprint density at radius 2 is 1.03 bits per heavy atom. The van der Waals surface area contributed by atoms with E-state index < -0.39 is 16.2 Å². The summed E-state index contributed by atoms with van der Waals surface area (Å²) in [5.41, 5.74) is 18.2. The quantitative estimate of drug-likeness (QED) is 0.166. The van der Waals surface area contributed by atoms with E-state index in [4.69, 9.17) is 0 Å². The Labute approximate surface area is 394 Å². The van der Waals surface area contributed by atoms with Crippen LogP contribution in [0, 0.1) is 5.92 Å². The summed E-state index contributed by atoms with van der Waals surface area (Å²) < 4.78 is 15.5. The minimum absolute atomic E-state index is 0.428. The number of hydrogen-bond donors (Lipinski definition) is 0. The summed E-state index contributed by atoms with van der Waals surface area (Å²) in [7, 11) is -1.48. The fourth-order valence-corrected chi connectivity index (χ4v) is 12.8. The van der Waals surface area contributed by atoms with Gasteiger partial charge in [0.25, 0.3) is 0 Å². The maximum atomic E-state index is 15.5. The molecule has 13 rings (SSSR count). The van der Waals surface area contributed by atoms with Gasteiger partial charge in [0.1, 0.15) is 0 Å². The molecular formula is C62H45N3OS. The zero-order chi connectivity index (χ0) is 44.6. The molecule has 4 aliphatic rings. The molecule has 320 valence electrons. The van der Waals surface area contributed by atoms with Gasteiger partial charge in [0.05, 0.1) is 48.8 Å². The summed E-state index contributed by atoms with van der Waals surface area (Å²) >= 11 is 0. The Balaban J connectivity index is 0.983. The van der Waals surface area contributed by atoms with Crippen molar-refractivity contribution in [2.24, 2.45) is 5.92 Å². The maximum Gasteiger partial charge on any atom is 0.0898 e. The summed E-state index contributed by atoms with van der Waals surface area (Å²) in [4.78, 5) is 8.73. The van der Waals surface area contributed by atoms with Crippen LogP contribution in [-0.4, -0.2) is 4.21 Å². The molecule has 4 nitrogen and oxygen atoms in total. The van der Waals surface area contributed by atoms with Crippen molar-refractivity contribution in [2.75, 3.05) is 14.7 Å². The first kappa shape index (κ1) is 39.4. The van der Waals surface area contributed by atoms with Crippen molar-refractivity contribution in [3.63, 3.8) is 0 Å². The van der Waals surface area contributed by atoms with Gasteiger partial charge in [-0.1, -0.05) is 159 Å². The largest absolute Gasteiger partial charge is 0.311 e. The van der Waals surface area contributed by atoms with Gasteiger partial charge in [0, 0.05) is 34.0 Å². The number of fused-ring (bicyclic) bond motifs is 12. The Bertz CT molecular complexity index is 3440. The van der Waals surface area contributed by atoms with Gasteiger partial charge in [-0.3, -0.25) is 0 Å². The van der Waals surface area contributed by atoms with E-state index in [1.165, 1.54) is 27.8 Å². The molecule has 2 unspecified atom stereocenters. The second kappa shape index (κ2) is 15.6. The lowest BCUT2D eigenvalue weighted by atomic mass is 9.64. The second-order valence-corrected chi connectivity index (χ2v) is 19.3. The van der Waals surface area contributed by atoms with Crippen molar-refractivity contribution in [1.29, 1.82) is 0 Å². The van der Waals surface area contributed by atoms with Crippen LogP contribution in [0.1, 0.15) is 35.6 Å². The Morgan fingerprint density at radius 1 is 0.493 bits per heavy atom. The van der Waals surface area contributed by atoms with E-state index in [0.29, 0.717) is 5.92 Å². The van der Waals surface area contributed by atoms with Crippen molar-refractivity contribution in [3.05, 3.63) is 265 Å². The van der Waals surface area contributed by atoms with Crippen LogP contribution >= 0.6 is 0 Å². The van der Waals surface area contributed by atoms with E-state index in [0.717, 1.165) is 84.1 Å². The van der Waals surface area contributed by atoms with Crippen molar-refractivity contribution in [3.8, 4) is 22.3 Å². The second-order valence-electron chi connectivity index (χ2n) is 17.9. The van der Waals surface area contributed by atoms with Crippen LogP contribution in [0.25, 0.3) is 22.3 Å². The van der Waals surface area contributed by atoms with Crippen LogP contribution in [0.3, 0.4) is 0 Å². The lowest BCUT2D eigenvalue weighted by Gasteiger charge is -2.45. The summed E-state index contributed by atoms with van der Waals surface area (Å²) in [5, 5.41) is 0. The van der Waals surface area contributed by atoms with Gasteiger partial charge in [0.15, 0.2) is 0 Å². The number of benzene rings is 9. The molecule has 2 aliphatic carbocycles. The molecule has 0 saturated heterocycles. The molecule has 5 heteroatoms. The third kappa shape index (κ3) is 5.94. The first-order chi connectivity index (χ1) is 33.1. The van der Waals surface area contributed by atoms with Crippen LogP contribution in [0.15, 0.2) is 252 Å². The van der Waals surface area contributed by atoms with E-state index in [-0.39, 0.29) is 0 Å². The average molecular weight is 880 g/mol. The number of nitrogens with zero attached hydrogens (tertiary/aromatic N) is 3. The minimum atomic E-state index is -1.48. The number of rotatable bonds is 6. The van der Waals surface area contributed by atoms with E-state index >= 15 is 4.21 Å². The van der Waals surface area contributed by atoms with E-state index in [1.54, 1.807) is 0 Å². The van der Waals surface area contributed by atoms with Crippen molar-refractivity contribution in [1.82, 2.24) is 0 Å². The number of allylic oxidation sites excluding steroid dienone is 3. The molecule has 67 heavy (non-hydrogen) atoms. The van der Waals surface area contributed by atoms with Crippen LogP contribution in [0.5, 0.6) is 0 Å². The molecule has 0 radical (unpaired) electrons. The van der Waals surface area contributed by atoms with Gasteiger partial charge in [-0.15, -0.1) is 0 Å². The van der Waals surface area contributed by atoms with Gasteiger partial charge < -0.3 is 14.7 Å². The predicted molar refractivity (Wildman–Crippen MR) is 276 cm³/mol. The molecule has 2 heterocycles. The monoisotopic (exact) mass is 879 g/mol. The van der Waals surface area contributed by atoms with Crippen LogP contribution in [0.2, 0.25) is 0 Å². The fourth-order valence-electron chi connectivity index (χ4n) is 11.3. The Kier molecular flexibility index (Phi) is 9.16. The number of para-hydroxylation sites is 4. The highest BCUT2D eigenvalue weighted by Gasteiger charge is 2.53. The lowest BCUT2D eigenvalue weighted by molar-refractivity contribution is 0.682. The van der Waals surface area contributed by atoms with Crippen LogP contribution in [-0.2, 0) is 16.2 Å². The number of hydrogen-bond acceptors (Lipinski definition) is 4. The molecule has 1 spiro atoms. The van der Waals surface area contributed by atoms with Crippen molar-refractivity contribution >= 4 is 56.3 Å². The molecule has 0 N–H and O–H groups in total. The lowest BCUT2D eigenvalue weighted by Crippen LogP contribution is -2.36. The summed E-state index contributed by atoms with van der Waals surface area (Å²) in [6.07, 6.45) is 7.93. The fraction of sp³-hybridized carbons (Fsp3) is 0.0645. The van der Waals surface area contributed by atoms with E-state index in [9.17, 15) is 0 Å². The minimum Gasteiger partial charge on any atom is -0.311 e. The SMILES string of the molecule is CC1C=C(N(c2ccc(-c3ccccc3)cc2)c2ccc(N3c4ccccc4S(=O)c4c3ccc3c4-c4ccccc4C34c3ccccc3N(c3ccccc3)c3ccccc34)cc2)C=CC1. The highest BCUT2D eigenvalue weighted by Crippen LogP contribution is 2.66. The van der Waals surface area contributed by atoms with Crippen molar-refractivity contribution in [2.45, 2.75) is 28.6 Å². The highest BCUT2D eigenvalue weighted by atomic mass is 32.2. The molecule has 0 bridgehead atoms. The molecule has 9 aromatic rings. The van der Waals surface area contributed by atoms with Gasteiger partial charge >= 0.3 is 0 Å². The summed E-state index contributed by atoms with van der Waals surface area (Å²) in [5.74, 6) is 0.428. The molecule has 0 aromatic heterocycles. The average Bonchev–Trinajstić information content (AvgIpc) is 3.68.